The van der Waals surface area contributed by atoms with Crippen molar-refractivity contribution in [2.75, 3.05) is 19.7 Å². The molecule has 0 unspecified atom stereocenters. The van der Waals surface area contributed by atoms with Crippen molar-refractivity contribution < 1.29 is 18.3 Å². The number of carbonyl (C=O) groups excluding carboxylic acids is 1. The Kier molecular flexibility index (Phi) is 4.82. The summed E-state index contributed by atoms with van der Waals surface area (Å²) in [5, 5.41) is 0.198. The molecule has 2 heterocycles. The van der Waals surface area contributed by atoms with Crippen LogP contribution in [-0.2, 0) is 4.79 Å². The van der Waals surface area contributed by atoms with Crippen molar-refractivity contribution in [1.82, 2.24) is 14.5 Å². The Morgan fingerprint density at radius 2 is 2.00 bits per heavy atom. The van der Waals surface area contributed by atoms with E-state index < -0.39 is 24.3 Å². The Bertz CT molecular complexity index is 885. The molecule has 0 radical (unpaired) electrons. The summed E-state index contributed by atoms with van der Waals surface area (Å²) in [6.07, 6.45) is -0.672. The first kappa shape index (κ1) is 17.1. The number of benzene rings is 1. The lowest BCUT2D eigenvalue weighted by atomic mass is 10.0. The summed E-state index contributed by atoms with van der Waals surface area (Å²) in [4.78, 5) is 39.1. The third kappa shape index (κ3) is 3.54. The number of aromatic nitrogens is 2. The number of piperidine rings is 1. The van der Waals surface area contributed by atoms with Gasteiger partial charge in [-0.2, -0.15) is 0 Å². The van der Waals surface area contributed by atoms with Crippen LogP contribution < -0.4 is 16.0 Å². The number of H-pyrrole nitrogens is 1. The number of fused-ring (bicyclic) bond motifs is 1. The highest BCUT2D eigenvalue weighted by molar-refractivity contribution is 5.79. The molecule has 0 aliphatic carbocycles. The van der Waals surface area contributed by atoms with Gasteiger partial charge in [0.15, 0.2) is 0 Å². The average molecular weight is 353 g/mol. The van der Waals surface area contributed by atoms with Gasteiger partial charge in [-0.25, -0.2) is 13.6 Å². The molecule has 1 aromatic carbocycles. The van der Waals surface area contributed by atoms with Gasteiger partial charge in [0.1, 0.15) is 12.4 Å². The Morgan fingerprint density at radius 3 is 2.64 bits per heavy atom. The molecule has 25 heavy (non-hydrogen) atoms. The summed E-state index contributed by atoms with van der Waals surface area (Å²) in [6.45, 7) is 0.279. The normalized spacial score (nSPS) is 15.7. The largest absolute Gasteiger partial charge is 0.488 e. The molecule has 1 N–H and O–H groups in total. The minimum Gasteiger partial charge on any atom is -0.488 e. The highest BCUT2D eigenvalue weighted by Crippen LogP contribution is 2.25. The fourth-order valence-electron chi connectivity index (χ4n) is 3.10. The number of carbonyl (C=O) groups is 1. The molecule has 7 nitrogen and oxygen atoms in total. The van der Waals surface area contributed by atoms with Gasteiger partial charge in [0.2, 0.25) is 6.41 Å². The van der Waals surface area contributed by atoms with Crippen LogP contribution in [0.2, 0.25) is 0 Å². The summed E-state index contributed by atoms with van der Waals surface area (Å²) in [6, 6.07) is 4.18. The van der Waals surface area contributed by atoms with E-state index in [1.54, 1.807) is 4.90 Å². The molecule has 0 atom stereocenters. The first-order chi connectivity index (χ1) is 12.0. The summed E-state index contributed by atoms with van der Waals surface area (Å²) in [5.74, 6) is 0.138. The number of hydrogen-bond donors (Lipinski definition) is 1. The SMILES string of the molecule is O=CN1CCC(n2c(=O)[nH]c(=O)c3cc(OCC(F)F)ccc32)CC1. The van der Waals surface area contributed by atoms with Gasteiger partial charge in [0.25, 0.3) is 12.0 Å². The van der Waals surface area contributed by atoms with E-state index in [4.69, 9.17) is 4.74 Å². The van der Waals surface area contributed by atoms with Crippen molar-refractivity contribution in [2.45, 2.75) is 25.3 Å². The number of likely N-dealkylation sites (tertiary alicyclic amines) is 1. The molecule has 3 rings (SSSR count). The second-order valence-corrected chi connectivity index (χ2v) is 5.88. The molecule has 0 bridgehead atoms. The molecule has 0 spiro atoms. The summed E-state index contributed by atoms with van der Waals surface area (Å²) in [7, 11) is 0. The minimum atomic E-state index is -2.62. The zero-order chi connectivity index (χ0) is 18.0. The van der Waals surface area contributed by atoms with Crippen LogP contribution >= 0.6 is 0 Å². The Morgan fingerprint density at radius 1 is 1.28 bits per heavy atom. The van der Waals surface area contributed by atoms with Crippen LogP contribution in [0, 0.1) is 0 Å². The van der Waals surface area contributed by atoms with E-state index in [9.17, 15) is 23.2 Å². The molecular weight excluding hydrogens is 336 g/mol. The maximum absolute atomic E-state index is 12.3. The maximum Gasteiger partial charge on any atom is 0.329 e. The second kappa shape index (κ2) is 7.04. The smallest absolute Gasteiger partial charge is 0.329 e. The van der Waals surface area contributed by atoms with E-state index in [-0.39, 0.29) is 17.2 Å². The van der Waals surface area contributed by atoms with Crippen molar-refractivity contribution >= 4 is 17.3 Å². The molecule has 1 aromatic heterocycles. The number of amides is 1. The lowest BCUT2D eigenvalue weighted by Gasteiger charge is -2.30. The van der Waals surface area contributed by atoms with Crippen molar-refractivity contribution in [2.24, 2.45) is 0 Å². The summed E-state index contributed by atoms with van der Waals surface area (Å²) < 4.78 is 31.0. The lowest BCUT2D eigenvalue weighted by Crippen LogP contribution is -2.39. The van der Waals surface area contributed by atoms with E-state index in [2.05, 4.69) is 4.98 Å². The molecule has 1 aliphatic rings. The summed E-state index contributed by atoms with van der Waals surface area (Å²) >= 11 is 0. The van der Waals surface area contributed by atoms with Gasteiger partial charge in [0, 0.05) is 19.1 Å². The zero-order valence-electron chi connectivity index (χ0n) is 13.3. The number of nitrogens with zero attached hydrogens (tertiary/aromatic N) is 2. The number of nitrogens with one attached hydrogen (secondary N) is 1. The monoisotopic (exact) mass is 353 g/mol. The maximum atomic E-state index is 12.3. The van der Waals surface area contributed by atoms with Gasteiger partial charge in [-0.1, -0.05) is 0 Å². The molecule has 0 saturated carbocycles. The van der Waals surface area contributed by atoms with Crippen LogP contribution in [-0.4, -0.2) is 47.0 Å². The molecule has 1 aliphatic heterocycles. The van der Waals surface area contributed by atoms with Crippen molar-refractivity contribution in [3.63, 3.8) is 0 Å². The Hall–Kier alpha value is -2.71. The predicted molar refractivity (Wildman–Crippen MR) is 86.2 cm³/mol. The number of alkyl halides is 2. The molecule has 9 heteroatoms. The number of halogens is 2. The molecule has 134 valence electrons. The topological polar surface area (TPSA) is 84.4 Å². The van der Waals surface area contributed by atoms with Gasteiger partial charge in [0.05, 0.1) is 10.9 Å². The third-order valence-corrected chi connectivity index (χ3v) is 4.30. The van der Waals surface area contributed by atoms with Crippen molar-refractivity contribution in [3.8, 4) is 5.75 Å². The average Bonchev–Trinajstić information content (AvgIpc) is 2.60. The van der Waals surface area contributed by atoms with Crippen molar-refractivity contribution in [1.29, 1.82) is 0 Å². The number of rotatable bonds is 5. The number of aromatic amines is 1. The van der Waals surface area contributed by atoms with Crippen LogP contribution in [0.3, 0.4) is 0 Å². The van der Waals surface area contributed by atoms with E-state index in [1.165, 1.54) is 22.8 Å². The van der Waals surface area contributed by atoms with Gasteiger partial charge in [-0.05, 0) is 31.0 Å². The van der Waals surface area contributed by atoms with Crippen molar-refractivity contribution in [3.05, 3.63) is 39.0 Å². The van der Waals surface area contributed by atoms with Crippen LogP contribution in [0.1, 0.15) is 18.9 Å². The Balaban J connectivity index is 2.00. The van der Waals surface area contributed by atoms with Gasteiger partial charge < -0.3 is 9.64 Å². The van der Waals surface area contributed by atoms with Crippen LogP contribution in [0.25, 0.3) is 10.9 Å². The van der Waals surface area contributed by atoms with Gasteiger partial charge >= 0.3 is 5.69 Å². The van der Waals surface area contributed by atoms with E-state index in [1.807, 2.05) is 0 Å². The predicted octanol–water partition coefficient (Wildman–Crippen LogP) is 1.13. The van der Waals surface area contributed by atoms with Gasteiger partial charge in [-0.15, -0.1) is 0 Å². The van der Waals surface area contributed by atoms with Gasteiger partial charge in [-0.3, -0.25) is 19.1 Å². The number of ether oxygens (including phenoxy) is 1. The molecule has 1 saturated heterocycles. The van der Waals surface area contributed by atoms with E-state index in [0.29, 0.717) is 31.4 Å². The molecule has 1 fully saturated rings. The fraction of sp³-hybridized carbons (Fsp3) is 0.438. The Labute approximate surface area is 140 Å². The first-order valence-electron chi connectivity index (χ1n) is 7.88. The van der Waals surface area contributed by atoms with Crippen LogP contribution in [0.4, 0.5) is 8.78 Å². The molecule has 1 amide bonds. The molecule has 2 aromatic rings. The second-order valence-electron chi connectivity index (χ2n) is 5.88. The lowest BCUT2D eigenvalue weighted by molar-refractivity contribution is -0.119. The fourth-order valence-corrected chi connectivity index (χ4v) is 3.10. The van der Waals surface area contributed by atoms with Crippen LogP contribution in [0.5, 0.6) is 5.75 Å². The molecular formula is C16H17F2N3O4. The van der Waals surface area contributed by atoms with E-state index >= 15 is 0 Å². The quantitative estimate of drug-likeness (QED) is 0.817. The standard InChI is InChI=1S/C16H17F2N3O4/c17-14(18)8-25-11-1-2-13-12(7-11)15(23)19-16(24)21(13)10-3-5-20(9-22)6-4-10/h1-2,7,9-10,14H,3-6,8H2,(H,19,23,24). The highest BCUT2D eigenvalue weighted by Gasteiger charge is 2.22. The first-order valence-corrected chi connectivity index (χ1v) is 7.88. The number of hydrogen-bond acceptors (Lipinski definition) is 4. The zero-order valence-corrected chi connectivity index (χ0v) is 13.3. The minimum absolute atomic E-state index is 0.138. The van der Waals surface area contributed by atoms with Crippen LogP contribution in [0.15, 0.2) is 27.8 Å². The van der Waals surface area contributed by atoms with E-state index in [0.717, 1.165) is 6.41 Å². The highest BCUT2D eigenvalue weighted by atomic mass is 19.3. The summed E-state index contributed by atoms with van der Waals surface area (Å²) in [5.41, 5.74) is -0.699. The third-order valence-electron chi connectivity index (χ3n) is 4.30.